The van der Waals surface area contributed by atoms with Gasteiger partial charge < -0.3 is 11.5 Å². The fourth-order valence-electron chi connectivity index (χ4n) is 1.62. The van der Waals surface area contributed by atoms with E-state index in [4.69, 9.17) is 11.5 Å². The Labute approximate surface area is 111 Å². The second-order valence-electron chi connectivity index (χ2n) is 4.82. The first kappa shape index (κ1) is 15.4. The lowest BCUT2D eigenvalue weighted by Gasteiger charge is -2.24. The Morgan fingerprint density at radius 3 is 2.53 bits per heavy atom. The number of hydrogen-bond donors (Lipinski definition) is 3. The SMILES string of the molecule is CC(C)(CC(N)=O)NS(=O)(=O)c1cc(N)ccc1F. The number of primary amides is 1. The van der Waals surface area contributed by atoms with Gasteiger partial charge in [-0.1, -0.05) is 0 Å². The van der Waals surface area contributed by atoms with Crippen LogP contribution >= 0.6 is 0 Å². The Morgan fingerprint density at radius 1 is 1.42 bits per heavy atom. The second-order valence-corrected chi connectivity index (χ2v) is 6.47. The molecule has 8 heteroatoms. The summed E-state index contributed by atoms with van der Waals surface area (Å²) in [6.45, 7) is 2.94. The number of carbonyl (C=O) groups is 1. The molecule has 0 aliphatic carbocycles. The number of benzene rings is 1. The highest BCUT2D eigenvalue weighted by Gasteiger charge is 2.29. The van der Waals surface area contributed by atoms with Gasteiger partial charge in [0.15, 0.2) is 0 Å². The van der Waals surface area contributed by atoms with Gasteiger partial charge in [0.05, 0.1) is 0 Å². The molecule has 106 valence electrons. The summed E-state index contributed by atoms with van der Waals surface area (Å²) in [6.07, 6.45) is -0.212. The van der Waals surface area contributed by atoms with Crippen molar-refractivity contribution in [3.05, 3.63) is 24.0 Å². The van der Waals surface area contributed by atoms with Gasteiger partial charge in [-0.2, -0.15) is 0 Å². The van der Waals surface area contributed by atoms with Crippen molar-refractivity contribution in [2.75, 3.05) is 5.73 Å². The van der Waals surface area contributed by atoms with Crippen LogP contribution in [0.3, 0.4) is 0 Å². The number of nitrogen functional groups attached to an aromatic ring is 1. The zero-order valence-corrected chi connectivity index (χ0v) is 11.4. The zero-order chi connectivity index (χ0) is 14.8. The molecule has 0 unspecified atom stereocenters. The molecule has 5 N–H and O–H groups in total. The predicted molar refractivity (Wildman–Crippen MR) is 69.0 cm³/mol. The summed E-state index contributed by atoms with van der Waals surface area (Å²) in [5, 5.41) is 0. The molecule has 0 aliphatic rings. The number of hydrogen-bond acceptors (Lipinski definition) is 4. The molecule has 1 amide bonds. The molecule has 1 aromatic carbocycles. The minimum absolute atomic E-state index is 0.120. The van der Waals surface area contributed by atoms with Crippen LogP contribution < -0.4 is 16.2 Å². The first-order chi connectivity index (χ1) is 8.53. The number of amides is 1. The van der Waals surface area contributed by atoms with E-state index in [1.54, 1.807) is 0 Å². The molecule has 0 fully saturated rings. The van der Waals surface area contributed by atoms with Gasteiger partial charge in [-0.05, 0) is 32.0 Å². The Hall–Kier alpha value is -1.67. The first-order valence-corrected chi connectivity index (χ1v) is 6.89. The van der Waals surface area contributed by atoms with Gasteiger partial charge in [0.1, 0.15) is 10.7 Å². The molecule has 0 bridgehead atoms. The van der Waals surface area contributed by atoms with E-state index >= 15 is 0 Å². The molecule has 0 heterocycles. The van der Waals surface area contributed by atoms with Crippen LogP contribution in [0.15, 0.2) is 23.1 Å². The van der Waals surface area contributed by atoms with Gasteiger partial charge in [-0.15, -0.1) is 0 Å². The zero-order valence-electron chi connectivity index (χ0n) is 10.6. The number of anilines is 1. The quantitative estimate of drug-likeness (QED) is 0.678. The van der Waals surface area contributed by atoms with Crippen molar-refractivity contribution in [3.8, 4) is 0 Å². The standard InChI is InChI=1S/C11H16FN3O3S/c1-11(2,6-10(14)16)15-19(17,18)9-5-7(13)3-4-8(9)12/h3-5,15H,6,13H2,1-2H3,(H2,14,16). The lowest BCUT2D eigenvalue weighted by atomic mass is 10.0. The maximum atomic E-state index is 13.5. The molecule has 1 aromatic rings. The first-order valence-electron chi connectivity index (χ1n) is 5.41. The molecule has 1 rings (SSSR count). The Balaban J connectivity index is 3.11. The van der Waals surface area contributed by atoms with Crippen molar-refractivity contribution in [2.24, 2.45) is 5.73 Å². The average Bonchev–Trinajstić information content (AvgIpc) is 2.17. The van der Waals surface area contributed by atoms with Crippen molar-refractivity contribution in [2.45, 2.75) is 30.7 Å². The van der Waals surface area contributed by atoms with Crippen molar-refractivity contribution >= 4 is 21.6 Å². The van der Waals surface area contributed by atoms with Crippen LogP contribution in [0.5, 0.6) is 0 Å². The van der Waals surface area contributed by atoms with E-state index in [0.29, 0.717) is 0 Å². The average molecular weight is 289 g/mol. The van der Waals surface area contributed by atoms with E-state index in [2.05, 4.69) is 4.72 Å². The molecule has 0 saturated carbocycles. The molecule has 0 aliphatic heterocycles. The largest absolute Gasteiger partial charge is 0.399 e. The van der Waals surface area contributed by atoms with E-state index in [1.165, 1.54) is 19.9 Å². The monoisotopic (exact) mass is 289 g/mol. The highest BCUT2D eigenvalue weighted by molar-refractivity contribution is 7.89. The van der Waals surface area contributed by atoms with E-state index in [1.807, 2.05) is 0 Å². The second kappa shape index (κ2) is 5.14. The molecule has 6 nitrogen and oxygen atoms in total. The van der Waals surface area contributed by atoms with E-state index in [-0.39, 0.29) is 12.1 Å². The Bertz CT molecular complexity index is 599. The fraction of sp³-hybridized carbons (Fsp3) is 0.364. The van der Waals surface area contributed by atoms with Gasteiger partial charge in [-0.25, -0.2) is 17.5 Å². The van der Waals surface area contributed by atoms with Crippen LogP contribution in [0.1, 0.15) is 20.3 Å². The van der Waals surface area contributed by atoms with E-state index in [9.17, 15) is 17.6 Å². The van der Waals surface area contributed by atoms with Crippen molar-refractivity contribution < 1.29 is 17.6 Å². The molecule has 0 saturated heterocycles. The van der Waals surface area contributed by atoms with Crippen LogP contribution in [0.4, 0.5) is 10.1 Å². The molecule has 0 atom stereocenters. The molecule has 0 spiro atoms. The molecule has 0 radical (unpaired) electrons. The summed E-state index contributed by atoms with van der Waals surface area (Å²) < 4.78 is 39.8. The van der Waals surface area contributed by atoms with Crippen molar-refractivity contribution in [1.29, 1.82) is 0 Å². The number of nitrogens with two attached hydrogens (primary N) is 2. The Kier molecular flexibility index (Phi) is 4.16. The third kappa shape index (κ3) is 4.18. The van der Waals surface area contributed by atoms with Crippen LogP contribution in [0.25, 0.3) is 0 Å². The van der Waals surface area contributed by atoms with E-state index in [0.717, 1.165) is 12.1 Å². The molecular formula is C11H16FN3O3S. The summed E-state index contributed by atoms with van der Waals surface area (Å²) in [5.41, 5.74) is 9.45. The van der Waals surface area contributed by atoms with E-state index < -0.39 is 32.2 Å². The molecule has 19 heavy (non-hydrogen) atoms. The highest BCUT2D eigenvalue weighted by Crippen LogP contribution is 2.20. The van der Waals surface area contributed by atoms with Crippen LogP contribution in [0, 0.1) is 5.82 Å². The normalized spacial score (nSPS) is 12.4. The summed E-state index contributed by atoms with van der Waals surface area (Å²) in [7, 11) is -4.13. The minimum atomic E-state index is -4.13. The summed E-state index contributed by atoms with van der Waals surface area (Å²) >= 11 is 0. The van der Waals surface area contributed by atoms with Gasteiger partial charge >= 0.3 is 0 Å². The lowest BCUT2D eigenvalue weighted by molar-refractivity contribution is -0.119. The Morgan fingerprint density at radius 2 is 2.00 bits per heavy atom. The van der Waals surface area contributed by atoms with Crippen LogP contribution in [0.2, 0.25) is 0 Å². The highest BCUT2D eigenvalue weighted by atomic mass is 32.2. The summed E-state index contributed by atoms with van der Waals surface area (Å²) in [4.78, 5) is 10.3. The maximum absolute atomic E-state index is 13.5. The lowest BCUT2D eigenvalue weighted by Crippen LogP contribution is -2.46. The maximum Gasteiger partial charge on any atom is 0.244 e. The number of sulfonamides is 1. The van der Waals surface area contributed by atoms with Crippen molar-refractivity contribution in [1.82, 2.24) is 4.72 Å². The van der Waals surface area contributed by atoms with Crippen molar-refractivity contribution in [3.63, 3.8) is 0 Å². The number of halogens is 1. The molecule has 0 aromatic heterocycles. The van der Waals surface area contributed by atoms with Gasteiger partial charge in [0.2, 0.25) is 15.9 Å². The number of nitrogens with one attached hydrogen (secondary N) is 1. The summed E-state index contributed by atoms with van der Waals surface area (Å²) in [6, 6.07) is 3.23. The fourth-order valence-corrected chi connectivity index (χ4v) is 3.14. The topological polar surface area (TPSA) is 115 Å². The number of carbonyl (C=O) groups excluding carboxylic acids is 1. The van der Waals surface area contributed by atoms with Crippen LogP contribution in [-0.4, -0.2) is 19.9 Å². The summed E-state index contributed by atoms with van der Waals surface area (Å²) in [5.74, 6) is -1.59. The predicted octanol–water partition coefficient (Wildman–Crippen LogP) is 0.340. The third-order valence-electron chi connectivity index (χ3n) is 2.27. The van der Waals surface area contributed by atoms with Gasteiger partial charge in [-0.3, -0.25) is 4.79 Å². The third-order valence-corrected chi connectivity index (χ3v) is 3.98. The van der Waals surface area contributed by atoms with Gasteiger partial charge in [0, 0.05) is 17.6 Å². The smallest absolute Gasteiger partial charge is 0.244 e. The number of rotatable bonds is 5. The minimum Gasteiger partial charge on any atom is -0.399 e. The van der Waals surface area contributed by atoms with Crippen LogP contribution in [-0.2, 0) is 14.8 Å². The van der Waals surface area contributed by atoms with Gasteiger partial charge in [0.25, 0.3) is 0 Å². The molecular weight excluding hydrogens is 273 g/mol.